The Morgan fingerprint density at radius 1 is 1.40 bits per heavy atom. The first-order valence-electron chi connectivity index (χ1n) is 8.13. The fourth-order valence-corrected chi connectivity index (χ4v) is 2.69. The van der Waals surface area contributed by atoms with Gasteiger partial charge in [0.25, 0.3) is 0 Å². The van der Waals surface area contributed by atoms with Gasteiger partial charge < -0.3 is 16.0 Å². The van der Waals surface area contributed by atoms with E-state index in [9.17, 15) is 0 Å². The second-order valence-corrected chi connectivity index (χ2v) is 5.73. The number of nitrogens with zero attached hydrogens (tertiary/aromatic N) is 3. The molecular formula is C15H33N5. The van der Waals surface area contributed by atoms with Crippen molar-refractivity contribution in [3.05, 3.63) is 0 Å². The molecule has 0 bridgehead atoms. The van der Waals surface area contributed by atoms with Gasteiger partial charge in [-0.25, -0.2) is 0 Å². The molecular weight excluding hydrogens is 250 g/mol. The number of likely N-dealkylation sites (N-methyl/N-ethyl adjacent to an activating group) is 2. The third-order valence-corrected chi connectivity index (χ3v) is 4.07. The van der Waals surface area contributed by atoms with Crippen molar-refractivity contribution in [3.8, 4) is 0 Å². The average molecular weight is 283 g/mol. The number of aliphatic imine (C=N–C) groups is 1. The molecule has 20 heavy (non-hydrogen) atoms. The van der Waals surface area contributed by atoms with E-state index >= 15 is 0 Å². The summed E-state index contributed by atoms with van der Waals surface area (Å²) in [5.41, 5.74) is 5.93. The highest BCUT2D eigenvalue weighted by Crippen LogP contribution is 2.16. The van der Waals surface area contributed by atoms with Gasteiger partial charge in [-0.05, 0) is 45.9 Å². The van der Waals surface area contributed by atoms with Gasteiger partial charge in [-0.2, -0.15) is 0 Å². The Morgan fingerprint density at radius 3 is 2.90 bits per heavy atom. The Hall–Kier alpha value is -0.810. The smallest absolute Gasteiger partial charge is 0.188 e. The van der Waals surface area contributed by atoms with E-state index in [1.165, 1.54) is 32.2 Å². The molecule has 0 aromatic carbocycles. The second kappa shape index (κ2) is 10.00. The van der Waals surface area contributed by atoms with Crippen molar-refractivity contribution in [2.45, 2.75) is 45.6 Å². The van der Waals surface area contributed by atoms with Crippen molar-refractivity contribution in [2.75, 3.05) is 46.3 Å². The van der Waals surface area contributed by atoms with Crippen molar-refractivity contribution in [1.82, 2.24) is 15.1 Å². The minimum atomic E-state index is 0.590. The predicted octanol–water partition coefficient (Wildman–Crippen LogP) is 1.11. The summed E-state index contributed by atoms with van der Waals surface area (Å²) in [7, 11) is 2.16. The van der Waals surface area contributed by atoms with Gasteiger partial charge in [-0.15, -0.1) is 0 Å². The third kappa shape index (κ3) is 6.57. The van der Waals surface area contributed by atoms with Crippen LogP contribution in [0.2, 0.25) is 0 Å². The fourth-order valence-electron chi connectivity index (χ4n) is 2.69. The van der Waals surface area contributed by atoms with Crippen molar-refractivity contribution >= 4 is 5.96 Å². The molecule has 0 aromatic heterocycles. The van der Waals surface area contributed by atoms with E-state index in [1.54, 1.807) is 0 Å². The molecule has 1 aliphatic heterocycles. The van der Waals surface area contributed by atoms with Gasteiger partial charge in [-0.3, -0.25) is 9.89 Å². The third-order valence-electron chi connectivity index (χ3n) is 4.07. The molecule has 0 aromatic rings. The zero-order valence-electron chi connectivity index (χ0n) is 13.6. The molecule has 1 saturated heterocycles. The molecule has 0 saturated carbocycles. The summed E-state index contributed by atoms with van der Waals surface area (Å²) in [5.74, 6) is 0.594. The molecule has 0 amide bonds. The van der Waals surface area contributed by atoms with E-state index < -0.39 is 0 Å². The molecule has 5 heteroatoms. The van der Waals surface area contributed by atoms with Crippen LogP contribution >= 0.6 is 0 Å². The van der Waals surface area contributed by atoms with Gasteiger partial charge in [0, 0.05) is 19.1 Å². The van der Waals surface area contributed by atoms with Crippen LogP contribution in [-0.2, 0) is 0 Å². The summed E-state index contributed by atoms with van der Waals surface area (Å²) in [6.07, 6.45) is 5.05. The van der Waals surface area contributed by atoms with Crippen LogP contribution in [0.1, 0.15) is 39.5 Å². The van der Waals surface area contributed by atoms with E-state index in [0.717, 1.165) is 32.7 Å². The van der Waals surface area contributed by atoms with Gasteiger partial charge in [0.2, 0.25) is 0 Å². The molecule has 118 valence electrons. The highest BCUT2D eigenvalue weighted by molar-refractivity contribution is 5.77. The summed E-state index contributed by atoms with van der Waals surface area (Å²) in [5, 5.41) is 3.21. The SMILES string of the molecule is CCCCN(C)CCNC(N)=NCC1CCCN1CC. The molecule has 0 spiro atoms. The summed E-state index contributed by atoms with van der Waals surface area (Å²) in [6.45, 7) is 10.6. The number of guanidine groups is 1. The number of nitrogens with one attached hydrogen (secondary N) is 1. The van der Waals surface area contributed by atoms with Crippen LogP contribution in [0.25, 0.3) is 0 Å². The molecule has 5 nitrogen and oxygen atoms in total. The normalized spacial score (nSPS) is 20.8. The van der Waals surface area contributed by atoms with Gasteiger partial charge in [0.05, 0.1) is 6.54 Å². The van der Waals surface area contributed by atoms with E-state index in [4.69, 9.17) is 5.73 Å². The van der Waals surface area contributed by atoms with Crippen LogP contribution in [-0.4, -0.2) is 68.1 Å². The highest BCUT2D eigenvalue weighted by atomic mass is 15.2. The molecule has 1 atom stereocenters. The van der Waals surface area contributed by atoms with E-state index in [-0.39, 0.29) is 0 Å². The Labute approximate surface area is 124 Å². The number of hydrogen-bond acceptors (Lipinski definition) is 3. The maximum Gasteiger partial charge on any atom is 0.188 e. The lowest BCUT2D eigenvalue weighted by atomic mass is 10.2. The van der Waals surface area contributed by atoms with Crippen molar-refractivity contribution in [3.63, 3.8) is 0 Å². The number of rotatable bonds is 9. The lowest BCUT2D eigenvalue weighted by Gasteiger charge is -2.21. The highest BCUT2D eigenvalue weighted by Gasteiger charge is 2.22. The minimum Gasteiger partial charge on any atom is -0.370 e. The average Bonchev–Trinajstić information content (AvgIpc) is 2.90. The summed E-state index contributed by atoms with van der Waals surface area (Å²) < 4.78 is 0. The first-order valence-corrected chi connectivity index (χ1v) is 8.13. The Kier molecular flexibility index (Phi) is 8.62. The van der Waals surface area contributed by atoms with Crippen LogP contribution in [0.4, 0.5) is 0 Å². The summed E-state index contributed by atoms with van der Waals surface area (Å²) >= 11 is 0. The summed E-state index contributed by atoms with van der Waals surface area (Å²) in [4.78, 5) is 9.31. The molecule has 1 aliphatic rings. The molecule has 0 aliphatic carbocycles. The maximum absolute atomic E-state index is 5.93. The zero-order valence-corrected chi connectivity index (χ0v) is 13.6. The number of nitrogens with two attached hydrogens (primary N) is 1. The first-order chi connectivity index (χ1) is 9.67. The van der Waals surface area contributed by atoms with Gasteiger partial charge >= 0.3 is 0 Å². The van der Waals surface area contributed by atoms with Crippen LogP contribution in [0.3, 0.4) is 0 Å². The van der Waals surface area contributed by atoms with Gasteiger partial charge in [-0.1, -0.05) is 20.3 Å². The van der Waals surface area contributed by atoms with Crippen LogP contribution in [0, 0.1) is 0 Å². The molecule has 1 fully saturated rings. The van der Waals surface area contributed by atoms with Crippen LogP contribution in [0.5, 0.6) is 0 Å². The standard InChI is InChI=1S/C15H33N5/c1-4-6-10-19(3)12-9-17-15(16)18-13-14-8-7-11-20(14)5-2/h14H,4-13H2,1-3H3,(H3,16,17,18). The predicted molar refractivity (Wildman–Crippen MR) is 87.2 cm³/mol. The van der Waals surface area contributed by atoms with Crippen molar-refractivity contribution < 1.29 is 0 Å². The van der Waals surface area contributed by atoms with Crippen LogP contribution < -0.4 is 11.1 Å². The minimum absolute atomic E-state index is 0.590. The summed E-state index contributed by atoms with van der Waals surface area (Å²) in [6, 6.07) is 0.590. The number of unbranched alkanes of at least 4 members (excludes halogenated alkanes) is 1. The second-order valence-electron chi connectivity index (χ2n) is 5.73. The molecule has 0 radical (unpaired) electrons. The molecule has 3 N–H and O–H groups in total. The lowest BCUT2D eigenvalue weighted by molar-refractivity contribution is 0.273. The molecule has 1 rings (SSSR count). The van der Waals surface area contributed by atoms with Gasteiger partial charge in [0.15, 0.2) is 5.96 Å². The van der Waals surface area contributed by atoms with Gasteiger partial charge in [0.1, 0.15) is 0 Å². The largest absolute Gasteiger partial charge is 0.370 e. The Balaban J connectivity index is 2.15. The van der Waals surface area contributed by atoms with E-state index in [1.807, 2.05) is 0 Å². The van der Waals surface area contributed by atoms with Crippen molar-refractivity contribution in [1.29, 1.82) is 0 Å². The Bertz CT molecular complexity index is 279. The number of hydrogen-bond donors (Lipinski definition) is 2. The fraction of sp³-hybridized carbons (Fsp3) is 0.933. The van der Waals surface area contributed by atoms with E-state index in [0.29, 0.717) is 12.0 Å². The first kappa shape index (κ1) is 17.2. The zero-order chi connectivity index (χ0) is 14.8. The maximum atomic E-state index is 5.93. The quantitative estimate of drug-likeness (QED) is 0.491. The monoisotopic (exact) mass is 283 g/mol. The van der Waals surface area contributed by atoms with Crippen LogP contribution in [0.15, 0.2) is 4.99 Å². The Morgan fingerprint density at radius 2 is 2.20 bits per heavy atom. The molecule has 1 unspecified atom stereocenters. The topological polar surface area (TPSA) is 56.9 Å². The van der Waals surface area contributed by atoms with Crippen molar-refractivity contribution in [2.24, 2.45) is 10.7 Å². The van der Waals surface area contributed by atoms with E-state index in [2.05, 4.69) is 41.0 Å². The lowest BCUT2D eigenvalue weighted by Crippen LogP contribution is -2.39. The molecule has 1 heterocycles. The number of likely N-dealkylation sites (tertiary alicyclic amines) is 1.